The van der Waals surface area contributed by atoms with Gasteiger partial charge in [0, 0.05) is 12.3 Å². The number of hydrogen-bond acceptors (Lipinski definition) is 3. The van der Waals surface area contributed by atoms with Gasteiger partial charge in [-0.3, -0.25) is 9.59 Å². The van der Waals surface area contributed by atoms with E-state index in [-0.39, 0.29) is 24.1 Å². The zero-order valence-electron chi connectivity index (χ0n) is 10.2. The van der Waals surface area contributed by atoms with Gasteiger partial charge in [-0.25, -0.2) is 0 Å². The van der Waals surface area contributed by atoms with Crippen LogP contribution < -0.4 is 0 Å². The third-order valence-electron chi connectivity index (χ3n) is 2.18. The van der Waals surface area contributed by atoms with Crippen LogP contribution in [0.5, 0.6) is 0 Å². The number of hydrogen-bond donors (Lipinski definition) is 0. The van der Waals surface area contributed by atoms with Crippen LogP contribution in [0, 0.1) is 11.8 Å². The van der Waals surface area contributed by atoms with Gasteiger partial charge in [-0.1, -0.05) is 27.7 Å². The molecule has 0 fully saturated rings. The Bertz CT molecular complexity index is 207. The summed E-state index contributed by atoms with van der Waals surface area (Å²) in [6.45, 7) is 8.30. The summed E-state index contributed by atoms with van der Waals surface area (Å²) < 4.78 is 4.99. The standard InChI is InChI=1S/C12H22O3/c1-9(2)7-8-15-12(14)6-5-11(13)10(3)4/h9-10H,5-8H2,1-4H3. The number of rotatable bonds is 7. The van der Waals surface area contributed by atoms with E-state index < -0.39 is 0 Å². The fourth-order valence-corrected chi connectivity index (χ4v) is 0.995. The maximum atomic E-state index is 11.2. The molecule has 0 spiro atoms. The van der Waals surface area contributed by atoms with Crippen LogP contribution in [-0.4, -0.2) is 18.4 Å². The number of esters is 1. The summed E-state index contributed by atoms with van der Waals surface area (Å²) in [5, 5.41) is 0. The molecule has 0 aliphatic rings. The minimum atomic E-state index is -0.260. The third-order valence-corrected chi connectivity index (χ3v) is 2.18. The molecular weight excluding hydrogens is 192 g/mol. The fraction of sp³-hybridized carbons (Fsp3) is 0.833. The first-order chi connectivity index (χ1) is 6.93. The highest BCUT2D eigenvalue weighted by molar-refractivity contribution is 5.84. The van der Waals surface area contributed by atoms with Gasteiger partial charge in [0.2, 0.25) is 0 Å². The zero-order chi connectivity index (χ0) is 11.8. The summed E-state index contributed by atoms with van der Waals surface area (Å²) >= 11 is 0. The van der Waals surface area contributed by atoms with E-state index in [9.17, 15) is 9.59 Å². The van der Waals surface area contributed by atoms with Gasteiger partial charge in [0.1, 0.15) is 5.78 Å². The van der Waals surface area contributed by atoms with E-state index in [0.717, 1.165) is 6.42 Å². The van der Waals surface area contributed by atoms with Crippen molar-refractivity contribution < 1.29 is 14.3 Å². The lowest BCUT2D eigenvalue weighted by Crippen LogP contribution is -2.12. The Labute approximate surface area is 92.2 Å². The summed E-state index contributed by atoms with van der Waals surface area (Å²) in [6.07, 6.45) is 1.40. The molecule has 0 aromatic carbocycles. The molecule has 0 atom stereocenters. The molecule has 0 aromatic rings. The molecule has 0 amide bonds. The van der Waals surface area contributed by atoms with Crippen LogP contribution >= 0.6 is 0 Å². The predicted molar refractivity (Wildman–Crippen MR) is 59.5 cm³/mol. The Morgan fingerprint density at radius 3 is 2.13 bits per heavy atom. The molecule has 0 N–H and O–H groups in total. The highest BCUT2D eigenvalue weighted by Crippen LogP contribution is 2.04. The monoisotopic (exact) mass is 214 g/mol. The van der Waals surface area contributed by atoms with Gasteiger partial charge < -0.3 is 4.74 Å². The largest absolute Gasteiger partial charge is 0.466 e. The van der Waals surface area contributed by atoms with E-state index in [1.807, 2.05) is 13.8 Å². The minimum absolute atomic E-state index is 0.00784. The lowest BCUT2D eigenvalue weighted by molar-refractivity contribution is -0.145. The average molecular weight is 214 g/mol. The second-order valence-electron chi connectivity index (χ2n) is 4.52. The van der Waals surface area contributed by atoms with Crippen LogP contribution in [0.15, 0.2) is 0 Å². The molecule has 0 rings (SSSR count). The third kappa shape index (κ3) is 8.16. The molecule has 88 valence electrons. The van der Waals surface area contributed by atoms with Gasteiger partial charge in [-0.2, -0.15) is 0 Å². The summed E-state index contributed by atoms with van der Waals surface area (Å²) in [5.41, 5.74) is 0. The van der Waals surface area contributed by atoms with Crippen molar-refractivity contribution in [1.82, 2.24) is 0 Å². The van der Waals surface area contributed by atoms with E-state index in [4.69, 9.17) is 4.74 Å². The van der Waals surface area contributed by atoms with Crippen LogP contribution in [0.3, 0.4) is 0 Å². The number of ketones is 1. The van der Waals surface area contributed by atoms with Crippen LogP contribution in [0.4, 0.5) is 0 Å². The van der Waals surface area contributed by atoms with Crippen molar-refractivity contribution in [3.8, 4) is 0 Å². The first-order valence-corrected chi connectivity index (χ1v) is 5.61. The molecule has 0 heterocycles. The van der Waals surface area contributed by atoms with E-state index in [1.165, 1.54) is 0 Å². The summed E-state index contributed by atoms with van der Waals surface area (Å²) in [6, 6.07) is 0. The smallest absolute Gasteiger partial charge is 0.306 e. The number of carbonyl (C=O) groups is 2. The second-order valence-corrected chi connectivity index (χ2v) is 4.52. The quantitative estimate of drug-likeness (QED) is 0.612. The second kappa shape index (κ2) is 7.43. The molecule has 0 aliphatic heterocycles. The first kappa shape index (κ1) is 14.1. The molecule has 0 bridgehead atoms. The van der Waals surface area contributed by atoms with Crippen molar-refractivity contribution in [2.45, 2.75) is 47.0 Å². The Morgan fingerprint density at radius 2 is 1.67 bits per heavy atom. The normalized spacial score (nSPS) is 10.8. The Morgan fingerprint density at radius 1 is 1.07 bits per heavy atom. The van der Waals surface area contributed by atoms with Crippen LogP contribution in [0.25, 0.3) is 0 Å². The lowest BCUT2D eigenvalue weighted by atomic mass is 10.1. The number of carbonyl (C=O) groups excluding carboxylic acids is 2. The van der Waals surface area contributed by atoms with E-state index >= 15 is 0 Å². The Balaban J connectivity index is 3.54. The van der Waals surface area contributed by atoms with Gasteiger partial charge in [0.05, 0.1) is 13.0 Å². The van der Waals surface area contributed by atoms with Crippen molar-refractivity contribution in [3.63, 3.8) is 0 Å². The molecule has 0 saturated carbocycles. The highest BCUT2D eigenvalue weighted by atomic mass is 16.5. The van der Waals surface area contributed by atoms with E-state index in [1.54, 1.807) is 0 Å². The first-order valence-electron chi connectivity index (χ1n) is 5.61. The topological polar surface area (TPSA) is 43.4 Å². The summed E-state index contributed by atoms with van der Waals surface area (Å²) in [5.74, 6) is 0.406. The van der Waals surface area contributed by atoms with Crippen LogP contribution in [0.2, 0.25) is 0 Å². The molecule has 0 radical (unpaired) electrons. The number of Topliss-reactive ketones (excluding diaryl/α,β-unsaturated/α-hetero) is 1. The molecule has 0 unspecified atom stereocenters. The Hall–Kier alpha value is -0.860. The fourth-order valence-electron chi connectivity index (χ4n) is 0.995. The summed E-state index contributed by atoms with van der Waals surface area (Å²) in [4.78, 5) is 22.4. The van der Waals surface area contributed by atoms with E-state index in [0.29, 0.717) is 18.9 Å². The maximum Gasteiger partial charge on any atom is 0.306 e. The average Bonchev–Trinajstić information content (AvgIpc) is 2.13. The van der Waals surface area contributed by atoms with Crippen molar-refractivity contribution in [1.29, 1.82) is 0 Å². The zero-order valence-corrected chi connectivity index (χ0v) is 10.2. The van der Waals surface area contributed by atoms with Gasteiger partial charge >= 0.3 is 5.97 Å². The Kier molecular flexibility index (Phi) is 7.01. The van der Waals surface area contributed by atoms with E-state index in [2.05, 4.69) is 13.8 Å². The predicted octanol–water partition coefficient (Wildman–Crippen LogP) is 2.58. The van der Waals surface area contributed by atoms with Crippen molar-refractivity contribution in [2.75, 3.05) is 6.61 Å². The van der Waals surface area contributed by atoms with Gasteiger partial charge in [-0.05, 0) is 12.3 Å². The lowest BCUT2D eigenvalue weighted by Gasteiger charge is -2.07. The molecule has 0 aliphatic carbocycles. The molecule has 0 saturated heterocycles. The SMILES string of the molecule is CC(C)CCOC(=O)CCC(=O)C(C)C. The molecule has 15 heavy (non-hydrogen) atoms. The van der Waals surface area contributed by atoms with Gasteiger partial charge in [-0.15, -0.1) is 0 Å². The van der Waals surface area contributed by atoms with Crippen LogP contribution in [0.1, 0.15) is 47.0 Å². The molecule has 3 nitrogen and oxygen atoms in total. The van der Waals surface area contributed by atoms with Gasteiger partial charge in [0.25, 0.3) is 0 Å². The highest BCUT2D eigenvalue weighted by Gasteiger charge is 2.10. The molecular formula is C12H22O3. The van der Waals surface area contributed by atoms with Crippen molar-refractivity contribution in [3.05, 3.63) is 0 Å². The van der Waals surface area contributed by atoms with Gasteiger partial charge in [0.15, 0.2) is 0 Å². The number of ether oxygens (including phenoxy) is 1. The van der Waals surface area contributed by atoms with Crippen molar-refractivity contribution in [2.24, 2.45) is 11.8 Å². The molecule has 3 heteroatoms. The van der Waals surface area contributed by atoms with Crippen LogP contribution in [-0.2, 0) is 14.3 Å². The minimum Gasteiger partial charge on any atom is -0.466 e. The maximum absolute atomic E-state index is 11.2. The molecule has 0 aromatic heterocycles. The van der Waals surface area contributed by atoms with Crippen molar-refractivity contribution >= 4 is 11.8 Å². The summed E-state index contributed by atoms with van der Waals surface area (Å²) in [7, 11) is 0.